The minimum atomic E-state index is -0.0698. The quantitative estimate of drug-likeness (QED) is 0.797. The molecular formula is C14H18ClNO3. The average molecular weight is 284 g/mol. The fraction of sp³-hybridized carbons (Fsp3) is 0.500. The molecule has 1 unspecified atom stereocenters. The van der Waals surface area contributed by atoms with Gasteiger partial charge in [-0.2, -0.15) is 0 Å². The molecule has 1 aromatic rings. The van der Waals surface area contributed by atoms with Crippen LogP contribution in [0.1, 0.15) is 23.7 Å². The number of carbonyl (C=O) groups excluding carboxylic acids is 1. The van der Waals surface area contributed by atoms with Gasteiger partial charge in [-0.1, -0.05) is 6.07 Å². The molecule has 5 heteroatoms. The van der Waals surface area contributed by atoms with Gasteiger partial charge in [-0.3, -0.25) is 4.79 Å². The van der Waals surface area contributed by atoms with Crippen LogP contribution in [0, 0.1) is 0 Å². The Morgan fingerprint density at radius 1 is 1.42 bits per heavy atom. The van der Waals surface area contributed by atoms with Crippen LogP contribution >= 0.6 is 11.6 Å². The smallest absolute Gasteiger partial charge is 0.257 e. The van der Waals surface area contributed by atoms with Crippen molar-refractivity contribution in [3.05, 3.63) is 23.8 Å². The van der Waals surface area contributed by atoms with E-state index >= 15 is 0 Å². The SMILES string of the molecule is CC(Cl)CCN(C)C(=O)c1cccc2c1OCCO2. The lowest BCUT2D eigenvalue weighted by molar-refractivity contribution is 0.0783. The van der Waals surface area contributed by atoms with E-state index in [-0.39, 0.29) is 11.3 Å². The third kappa shape index (κ3) is 3.32. The summed E-state index contributed by atoms with van der Waals surface area (Å²) in [6.07, 6.45) is 0.760. The first-order valence-electron chi connectivity index (χ1n) is 6.37. The number of halogens is 1. The van der Waals surface area contributed by atoms with Gasteiger partial charge in [0.15, 0.2) is 11.5 Å². The lowest BCUT2D eigenvalue weighted by atomic mass is 10.1. The van der Waals surface area contributed by atoms with Gasteiger partial charge in [-0.25, -0.2) is 0 Å². The molecule has 0 bridgehead atoms. The number of amides is 1. The third-order valence-corrected chi connectivity index (χ3v) is 3.22. The van der Waals surface area contributed by atoms with Gasteiger partial charge in [0, 0.05) is 19.0 Å². The molecule has 1 atom stereocenters. The Balaban J connectivity index is 2.15. The van der Waals surface area contributed by atoms with Crippen molar-refractivity contribution in [1.82, 2.24) is 4.90 Å². The predicted octanol–water partition coefficient (Wildman–Crippen LogP) is 2.55. The standard InChI is InChI=1S/C14H18ClNO3/c1-10(15)6-7-16(2)14(17)11-4-3-5-12-13(11)19-9-8-18-12/h3-5,10H,6-9H2,1-2H3. The van der Waals surface area contributed by atoms with Crippen LogP contribution in [0.4, 0.5) is 0 Å². The van der Waals surface area contributed by atoms with E-state index in [1.165, 1.54) is 0 Å². The van der Waals surface area contributed by atoms with E-state index in [0.717, 1.165) is 6.42 Å². The molecule has 1 aliphatic rings. The summed E-state index contributed by atoms with van der Waals surface area (Å²) in [5.41, 5.74) is 0.543. The number of hydrogen-bond donors (Lipinski definition) is 0. The Labute approximate surface area is 118 Å². The molecule has 0 fully saturated rings. The molecule has 1 aliphatic heterocycles. The van der Waals surface area contributed by atoms with Gasteiger partial charge in [-0.15, -0.1) is 11.6 Å². The zero-order valence-electron chi connectivity index (χ0n) is 11.2. The van der Waals surface area contributed by atoms with E-state index in [1.54, 1.807) is 24.1 Å². The van der Waals surface area contributed by atoms with Gasteiger partial charge in [0.1, 0.15) is 13.2 Å². The Morgan fingerprint density at radius 3 is 2.89 bits per heavy atom. The van der Waals surface area contributed by atoms with E-state index < -0.39 is 0 Å². The average Bonchev–Trinajstić information content (AvgIpc) is 2.43. The number of hydrogen-bond acceptors (Lipinski definition) is 3. The number of nitrogens with zero attached hydrogens (tertiary/aromatic N) is 1. The van der Waals surface area contributed by atoms with Crippen LogP contribution < -0.4 is 9.47 Å². The summed E-state index contributed by atoms with van der Waals surface area (Å²) < 4.78 is 11.0. The zero-order valence-corrected chi connectivity index (χ0v) is 11.9. The van der Waals surface area contributed by atoms with Gasteiger partial charge >= 0.3 is 0 Å². The van der Waals surface area contributed by atoms with Crippen molar-refractivity contribution in [3.63, 3.8) is 0 Å². The summed E-state index contributed by atoms with van der Waals surface area (Å²) in [7, 11) is 1.77. The highest BCUT2D eigenvalue weighted by Gasteiger charge is 2.22. The molecule has 1 aromatic carbocycles. The van der Waals surface area contributed by atoms with Gasteiger partial charge in [-0.05, 0) is 25.5 Å². The van der Waals surface area contributed by atoms with Gasteiger partial charge in [0.25, 0.3) is 5.91 Å². The lowest BCUT2D eigenvalue weighted by Gasteiger charge is -2.23. The number of benzene rings is 1. The largest absolute Gasteiger partial charge is 0.486 e. The highest BCUT2D eigenvalue weighted by atomic mass is 35.5. The van der Waals surface area contributed by atoms with Gasteiger partial charge in [0.05, 0.1) is 5.56 Å². The number of para-hydroxylation sites is 1. The summed E-state index contributed by atoms with van der Waals surface area (Å²) in [5, 5.41) is 0.0551. The Bertz CT molecular complexity index is 462. The number of alkyl halides is 1. The fourth-order valence-electron chi connectivity index (χ4n) is 1.92. The molecule has 104 valence electrons. The summed E-state index contributed by atoms with van der Waals surface area (Å²) in [4.78, 5) is 14.0. The number of carbonyl (C=O) groups is 1. The van der Waals surface area contributed by atoms with Crippen LogP contribution in [0.5, 0.6) is 11.5 Å². The van der Waals surface area contributed by atoms with E-state index in [0.29, 0.717) is 36.8 Å². The molecule has 2 rings (SSSR count). The van der Waals surface area contributed by atoms with Crippen molar-refractivity contribution in [2.75, 3.05) is 26.8 Å². The molecule has 0 radical (unpaired) electrons. The minimum Gasteiger partial charge on any atom is -0.486 e. The van der Waals surface area contributed by atoms with Crippen LogP contribution in [-0.4, -0.2) is 43.0 Å². The van der Waals surface area contributed by atoms with E-state index in [9.17, 15) is 4.79 Å². The van der Waals surface area contributed by atoms with Crippen molar-refractivity contribution < 1.29 is 14.3 Å². The highest BCUT2D eigenvalue weighted by molar-refractivity contribution is 6.20. The maximum Gasteiger partial charge on any atom is 0.257 e. The molecule has 1 heterocycles. The molecule has 0 saturated heterocycles. The van der Waals surface area contributed by atoms with Crippen molar-refractivity contribution in [2.45, 2.75) is 18.7 Å². The van der Waals surface area contributed by atoms with Crippen molar-refractivity contribution in [1.29, 1.82) is 0 Å². The van der Waals surface area contributed by atoms with Gasteiger partial charge < -0.3 is 14.4 Å². The lowest BCUT2D eigenvalue weighted by Crippen LogP contribution is -2.30. The first kappa shape index (κ1) is 14.0. The Kier molecular flexibility index (Phi) is 4.53. The van der Waals surface area contributed by atoms with Crippen LogP contribution in [0.3, 0.4) is 0 Å². The van der Waals surface area contributed by atoms with Crippen molar-refractivity contribution >= 4 is 17.5 Å². The second kappa shape index (κ2) is 6.15. The van der Waals surface area contributed by atoms with Crippen molar-refractivity contribution in [3.8, 4) is 11.5 Å². The molecule has 4 nitrogen and oxygen atoms in total. The normalized spacial score (nSPS) is 14.9. The first-order chi connectivity index (χ1) is 9.09. The Hall–Kier alpha value is -1.42. The van der Waals surface area contributed by atoms with Crippen LogP contribution in [0.2, 0.25) is 0 Å². The summed E-state index contributed by atoms with van der Waals surface area (Å²) in [6, 6.07) is 5.38. The maximum atomic E-state index is 12.4. The maximum absolute atomic E-state index is 12.4. The summed E-state index contributed by atoms with van der Waals surface area (Å²) in [6.45, 7) is 3.53. The molecule has 1 amide bonds. The molecule has 0 spiro atoms. The number of fused-ring (bicyclic) bond motifs is 1. The monoisotopic (exact) mass is 283 g/mol. The Morgan fingerprint density at radius 2 is 2.16 bits per heavy atom. The number of rotatable bonds is 4. The third-order valence-electron chi connectivity index (χ3n) is 3.01. The van der Waals surface area contributed by atoms with Crippen molar-refractivity contribution in [2.24, 2.45) is 0 Å². The number of ether oxygens (including phenoxy) is 2. The zero-order chi connectivity index (χ0) is 13.8. The van der Waals surface area contributed by atoms with Crippen LogP contribution in [-0.2, 0) is 0 Å². The molecule has 0 saturated carbocycles. The predicted molar refractivity (Wildman–Crippen MR) is 74.3 cm³/mol. The van der Waals surface area contributed by atoms with Crippen LogP contribution in [0.25, 0.3) is 0 Å². The van der Waals surface area contributed by atoms with Crippen LogP contribution in [0.15, 0.2) is 18.2 Å². The van der Waals surface area contributed by atoms with E-state index in [2.05, 4.69) is 0 Å². The minimum absolute atomic E-state index is 0.0551. The second-order valence-electron chi connectivity index (χ2n) is 4.63. The van der Waals surface area contributed by atoms with E-state index in [4.69, 9.17) is 21.1 Å². The molecule has 0 N–H and O–H groups in total. The fourth-order valence-corrected chi connectivity index (χ4v) is 2.02. The second-order valence-corrected chi connectivity index (χ2v) is 5.37. The molecule has 0 aromatic heterocycles. The highest BCUT2D eigenvalue weighted by Crippen LogP contribution is 2.34. The summed E-state index contributed by atoms with van der Waals surface area (Å²) in [5.74, 6) is 1.11. The molecule has 0 aliphatic carbocycles. The molecular weight excluding hydrogens is 266 g/mol. The topological polar surface area (TPSA) is 38.8 Å². The van der Waals surface area contributed by atoms with E-state index in [1.807, 2.05) is 13.0 Å². The summed E-state index contributed by atoms with van der Waals surface area (Å²) >= 11 is 5.91. The van der Waals surface area contributed by atoms with Gasteiger partial charge in [0.2, 0.25) is 0 Å². The first-order valence-corrected chi connectivity index (χ1v) is 6.81. The molecule has 19 heavy (non-hydrogen) atoms.